The van der Waals surface area contributed by atoms with E-state index in [1.54, 1.807) is 0 Å². The Morgan fingerprint density at radius 2 is 2.21 bits per heavy atom. The molecule has 19 heavy (non-hydrogen) atoms. The van der Waals surface area contributed by atoms with Crippen molar-refractivity contribution in [3.8, 4) is 5.75 Å². The number of benzene rings is 1. The molecule has 0 saturated heterocycles. The van der Waals surface area contributed by atoms with Gasteiger partial charge in [-0.2, -0.15) is 0 Å². The van der Waals surface area contributed by atoms with Gasteiger partial charge >= 0.3 is 5.97 Å². The lowest BCUT2D eigenvalue weighted by molar-refractivity contribution is -0.137. The first-order valence-electron chi connectivity index (χ1n) is 6.64. The summed E-state index contributed by atoms with van der Waals surface area (Å²) >= 11 is 0. The number of carboxylic acids is 1. The van der Waals surface area contributed by atoms with Crippen LogP contribution in [0.4, 0.5) is 0 Å². The average Bonchev–Trinajstić information content (AvgIpc) is 2.79. The molecule has 1 N–H and O–H groups in total. The fourth-order valence-corrected chi connectivity index (χ4v) is 2.08. The van der Waals surface area contributed by atoms with Gasteiger partial charge in [-0.25, -0.2) is 0 Å². The Bertz CT molecular complexity index is 560. The summed E-state index contributed by atoms with van der Waals surface area (Å²) in [6, 6.07) is 8.06. The third-order valence-corrected chi connectivity index (χ3v) is 3.00. The van der Waals surface area contributed by atoms with Crippen LogP contribution in [-0.4, -0.2) is 22.2 Å². The minimum absolute atomic E-state index is 0.206. The molecule has 1 aromatic heterocycles. The predicted octanol–water partition coefficient (Wildman–Crippen LogP) is 3.29. The fourth-order valence-electron chi connectivity index (χ4n) is 2.08. The number of rotatable bonds is 7. The molecule has 1 aromatic carbocycles. The van der Waals surface area contributed by atoms with Crippen LogP contribution in [0.15, 0.2) is 30.5 Å². The zero-order valence-electron chi connectivity index (χ0n) is 11.1. The third kappa shape index (κ3) is 3.50. The van der Waals surface area contributed by atoms with E-state index in [1.807, 2.05) is 30.5 Å². The summed E-state index contributed by atoms with van der Waals surface area (Å²) in [5.74, 6) is 0.143. The van der Waals surface area contributed by atoms with Crippen LogP contribution < -0.4 is 4.74 Å². The monoisotopic (exact) mass is 261 g/mol. The number of aryl methyl sites for hydroxylation is 1. The Balaban J connectivity index is 2.08. The smallest absolute Gasteiger partial charge is 0.303 e. The maximum atomic E-state index is 10.5. The molecular weight excluding hydrogens is 242 g/mol. The second-order valence-corrected chi connectivity index (χ2v) is 4.58. The summed E-state index contributed by atoms with van der Waals surface area (Å²) in [7, 11) is 0. The summed E-state index contributed by atoms with van der Waals surface area (Å²) in [6.07, 6.45) is 3.84. The zero-order valence-corrected chi connectivity index (χ0v) is 11.1. The van der Waals surface area contributed by atoms with Gasteiger partial charge in [0, 0.05) is 30.1 Å². The Hall–Kier alpha value is -1.97. The van der Waals surface area contributed by atoms with Crippen molar-refractivity contribution in [2.75, 3.05) is 6.61 Å². The third-order valence-electron chi connectivity index (χ3n) is 3.00. The normalized spacial score (nSPS) is 10.8. The quantitative estimate of drug-likeness (QED) is 0.832. The number of fused-ring (bicyclic) bond motifs is 1. The van der Waals surface area contributed by atoms with Crippen LogP contribution in [0.2, 0.25) is 0 Å². The molecule has 0 fully saturated rings. The number of carbonyl (C=O) groups is 1. The molecular formula is C15H19NO3. The Labute approximate surface area is 112 Å². The molecule has 0 aliphatic rings. The number of hydrogen-bond acceptors (Lipinski definition) is 2. The van der Waals surface area contributed by atoms with Gasteiger partial charge in [-0.15, -0.1) is 0 Å². The molecule has 102 valence electrons. The topological polar surface area (TPSA) is 51.5 Å². The highest BCUT2D eigenvalue weighted by Crippen LogP contribution is 2.22. The van der Waals surface area contributed by atoms with Crippen LogP contribution in [-0.2, 0) is 11.3 Å². The van der Waals surface area contributed by atoms with Crippen LogP contribution in [0.5, 0.6) is 5.75 Å². The largest absolute Gasteiger partial charge is 0.494 e. The molecule has 2 rings (SSSR count). The first-order valence-corrected chi connectivity index (χ1v) is 6.64. The van der Waals surface area contributed by atoms with Crippen molar-refractivity contribution in [2.45, 2.75) is 32.7 Å². The van der Waals surface area contributed by atoms with Gasteiger partial charge in [0.15, 0.2) is 0 Å². The highest BCUT2D eigenvalue weighted by molar-refractivity contribution is 5.81. The second kappa shape index (κ2) is 6.27. The minimum Gasteiger partial charge on any atom is -0.494 e. The van der Waals surface area contributed by atoms with Crippen molar-refractivity contribution in [3.05, 3.63) is 30.5 Å². The van der Waals surface area contributed by atoms with Gasteiger partial charge in [-0.1, -0.05) is 6.92 Å². The molecule has 0 spiro atoms. The predicted molar refractivity (Wildman–Crippen MR) is 74.6 cm³/mol. The molecule has 0 amide bonds. The van der Waals surface area contributed by atoms with E-state index in [2.05, 4.69) is 11.5 Å². The number of aromatic nitrogens is 1. The molecule has 0 atom stereocenters. The van der Waals surface area contributed by atoms with Gasteiger partial charge in [0.2, 0.25) is 0 Å². The average molecular weight is 261 g/mol. The SMILES string of the molecule is CCCOc1ccc2c(ccn2CCCC(=O)O)c1. The summed E-state index contributed by atoms with van der Waals surface area (Å²) in [5.41, 5.74) is 1.12. The fraction of sp³-hybridized carbons (Fsp3) is 0.400. The zero-order chi connectivity index (χ0) is 13.7. The molecule has 4 nitrogen and oxygen atoms in total. The lowest BCUT2D eigenvalue weighted by Gasteiger charge is -2.06. The van der Waals surface area contributed by atoms with Gasteiger partial charge in [0.1, 0.15) is 5.75 Å². The Morgan fingerprint density at radius 1 is 1.37 bits per heavy atom. The minimum atomic E-state index is -0.744. The Kier molecular flexibility index (Phi) is 4.44. The molecule has 0 unspecified atom stereocenters. The van der Waals surface area contributed by atoms with Crippen molar-refractivity contribution in [1.29, 1.82) is 0 Å². The number of carboxylic acid groups (broad SMARTS) is 1. The van der Waals surface area contributed by atoms with Gasteiger partial charge in [-0.3, -0.25) is 4.79 Å². The standard InChI is InChI=1S/C15H19NO3/c1-2-10-19-13-5-6-14-12(11-13)7-9-16(14)8-3-4-15(17)18/h5-7,9,11H,2-4,8,10H2,1H3,(H,17,18). The van der Waals surface area contributed by atoms with Gasteiger partial charge in [-0.05, 0) is 37.1 Å². The van der Waals surface area contributed by atoms with Crippen LogP contribution >= 0.6 is 0 Å². The van der Waals surface area contributed by atoms with Crippen molar-refractivity contribution in [2.24, 2.45) is 0 Å². The van der Waals surface area contributed by atoms with E-state index in [0.29, 0.717) is 6.42 Å². The number of nitrogens with zero attached hydrogens (tertiary/aromatic N) is 1. The molecule has 2 aromatic rings. The summed E-state index contributed by atoms with van der Waals surface area (Å²) in [5, 5.41) is 9.78. The van der Waals surface area contributed by atoms with Crippen molar-refractivity contribution in [3.63, 3.8) is 0 Å². The molecule has 0 aliphatic carbocycles. The molecule has 4 heteroatoms. The molecule has 1 heterocycles. The van der Waals surface area contributed by atoms with Gasteiger partial charge in [0.05, 0.1) is 6.61 Å². The molecule has 0 saturated carbocycles. The Morgan fingerprint density at radius 3 is 2.95 bits per heavy atom. The van der Waals surface area contributed by atoms with E-state index in [1.165, 1.54) is 0 Å². The van der Waals surface area contributed by atoms with Crippen LogP contribution in [0, 0.1) is 0 Å². The molecule has 0 bridgehead atoms. The summed E-state index contributed by atoms with van der Waals surface area (Å²) in [6.45, 7) is 3.53. The maximum Gasteiger partial charge on any atom is 0.303 e. The molecule has 0 radical (unpaired) electrons. The van der Waals surface area contributed by atoms with Crippen molar-refractivity contribution in [1.82, 2.24) is 4.57 Å². The van der Waals surface area contributed by atoms with E-state index in [4.69, 9.17) is 9.84 Å². The highest BCUT2D eigenvalue weighted by Gasteiger charge is 2.04. The van der Waals surface area contributed by atoms with E-state index < -0.39 is 5.97 Å². The van der Waals surface area contributed by atoms with Crippen LogP contribution in [0.1, 0.15) is 26.2 Å². The van der Waals surface area contributed by atoms with E-state index >= 15 is 0 Å². The number of aliphatic carboxylic acids is 1. The summed E-state index contributed by atoms with van der Waals surface area (Å²) < 4.78 is 7.68. The second-order valence-electron chi connectivity index (χ2n) is 4.58. The van der Waals surface area contributed by atoms with Crippen LogP contribution in [0.3, 0.4) is 0 Å². The van der Waals surface area contributed by atoms with Crippen molar-refractivity contribution < 1.29 is 14.6 Å². The number of ether oxygens (including phenoxy) is 1. The van der Waals surface area contributed by atoms with E-state index in [-0.39, 0.29) is 6.42 Å². The highest BCUT2D eigenvalue weighted by atomic mass is 16.5. The maximum absolute atomic E-state index is 10.5. The van der Waals surface area contributed by atoms with Crippen molar-refractivity contribution >= 4 is 16.9 Å². The number of hydrogen-bond donors (Lipinski definition) is 1. The summed E-state index contributed by atoms with van der Waals surface area (Å²) in [4.78, 5) is 10.5. The first-order chi connectivity index (χ1) is 9.20. The molecule has 0 aliphatic heterocycles. The van der Waals surface area contributed by atoms with Crippen LogP contribution in [0.25, 0.3) is 10.9 Å². The van der Waals surface area contributed by atoms with Gasteiger partial charge in [0.25, 0.3) is 0 Å². The first kappa shape index (κ1) is 13.5. The van der Waals surface area contributed by atoms with E-state index in [0.717, 1.165) is 36.2 Å². The lowest BCUT2D eigenvalue weighted by atomic mass is 10.2. The van der Waals surface area contributed by atoms with Gasteiger partial charge < -0.3 is 14.4 Å². The lowest BCUT2D eigenvalue weighted by Crippen LogP contribution is -2.00. The van der Waals surface area contributed by atoms with E-state index in [9.17, 15) is 4.79 Å².